The summed E-state index contributed by atoms with van der Waals surface area (Å²) in [6, 6.07) is 7.64. The van der Waals surface area contributed by atoms with Gasteiger partial charge in [-0.25, -0.2) is 0 Å². The second-order valence-electron chi connectivity index (χ2n) is 8.19. The van der Waals surface area contributed by atoms with Gasteiger partial charge in [-0.2, -0.15) is 0 Å². The predicted molar refractivity (Wildman–Crippen MR) is 110 cm³/mol. The van der Waals surface area contributed by atoms with Crippen LogP contribution in [-0.2, 0) is 16.0 Å². The molecule has 1 fully saturated rings. The zero-order valence-electron chi connectivity index (χ0n) is 16.4. The third kappa shape index (κ3) is 5.29. The fraction of sp³-hybridized carbons (Fsp3) is 0.565. The molecule has 146 valence electrons. The highest BCUT2D eigenvalue weighted by Gasteiger charge is 2.24. The van der Waals surface area contributed by atoms with Gasteiger partial charge in [0.1, 0.15) is 5.78 Å². The van der Waals surface area contributed by atoms with E-state index in [1.807, 2.05) is 29.2 Å². The number of hydrogen-bond acceptors (Lipinski definition) is 3. The molecule has 1 heterocycles. The molecule has 4 nitrogen and oxygen atoms in total. The number of rotatable bonds is 7. The predicted octanol–water partition coefficient (Wildman–Crippen LogP) is 4.02. The van der Waals surface area contributed by atoms with Crippen molar-refractivity contribution in [1.82, 2.24) is 0 Å². The molecule has 1 aliphatic carbocycles. The zero-order valence-corrected chi connectivity index (χ0v) is 16.4. The SMILES string of the molecule is C[C@H](N)C(=O)C[C@H](/C=C/C(=O)N1CCc2ccccc21)CC1CCCCC1. The lowest BCUT2D eigenvalue weighted by Gasteiger charge is -2.25. The summed E-state index contributed by atoms with van der Waals surface area (Å²) in [6.45, 7) is 2.48. The van der Waals surface area contributed by atoms with E-state index in [9.17, 15) is 9.59 Å². The normalized spacial score (nSPS) is 19.9. The Balaban J connectivity index is 1.66. The smallest absolute Gasteiger partial charge is 0.250 e. The fourth-order valence-electron chi connectivity index (χ4n) is 4.40. The third-order valence-corrected chi connectivity index (χ3v) is 6.00. The van der Waals surface area contributed by atoms with Gasteiger partial charge in [0.05, 0.1) is 6.04 Å². The molecule has 0 aromatic heterocycles. The van der Waals surface area contributed by atoms with Crippen LogP contribution >= 0.6 is 0 Å². The highest BCUT2D eigenvalue weighted by Crippen LogP contribution is 2.31. The maximum atomic E-state index is 12.8. The minimum atomic E-state index is -0.437. The molecule has 2 atom stereocenters. The number of anilines is 1. The van der Waals surface area contributed by atoms with Gasteiger partial charge in [-0.15, -0.1) is 0 Å². The molecule has 1 aromatic carbocycles. The summed E-state index contributed by atoms with van der Waals surface area (Å²) in [7, 11) is 0. The first-order valence-electron chi connectivity index (χ1n) is 10.4. The number of ketones is 1. The van der Waals surface area contributed by atoms with E-state index >= 15 is 0 Å². The molecule has 1 amide bonds. The zero-order chi connectivity index (χ0) is 19.2. The summed E-state index contributed by atoms with van der Waals surface area (Å²) >= 11 is 0. The number of carbonyl (C=O) groups is 2. The molecule has 2 N–H and O–H groups in total. The average molecular weight is 369 g/mol. The Morgan fingerprint density at radius 3 is 2.70 bits per heavy atom. The lowest BCUT2D eigenvalue weighted by molar-refractivity contribution is -0.120. The van der Waals surface area contributed by atoms with Crippen molar-refractivity contribution in [3.8, 4) is 0 Å². The van der Waals surface area contributed by atoms with Crippen LogP contribution < -0.4 is 10.6 Å². The number of para-hydroxylation sites is 1. The molecule has 0 spiro atoms. The molecule has 1 aromatic rings. The van der Waals surface area contributed by atoms with Gasteiger partial charge in [-0.3, -0.25) is 9.59 Å². The third-order valence-electron chi connectivity index (χ3n) is 6.00. The van der Waals surface area contributed by atoms with Crippen LogP contribution in [0.3, 0.4) is 0 Å². The molecule has 0 bridgehead atoms. The van der Waals surface area contributed by atoms with E-state index in [1.54, 1.807) is 13.0 Å². The average Bonchev–Trinajstić information content (AvgIpc) is 3.10. The van der Waals surface area contributed by atoms with Crippen molar-refractivity contribution >= 4 is 17.4 Å². The molecule has 0 radical (unpaired) electrons. The Morgan fingerprint density at radius 1 is 1.22 bits per heavy atom. The number of nitrogens with zero attached hydrogens (tertiary/aromatic N) is 1. The molecule has 3 rings (SSSR count). The number of nitrogens with two attached hydrogens (primary N) is 1. The van der Waals surface area contributed by atoms with Crippen LogP contribution in [0, 0.1) is 11.8 Å². The van der Waals surface area contributed by atoms with Crippen LogP contribution in [0.4, 0.5) is 5.69 Å². The highest BCUT2D eigenvalue weighted by molar-refractivity contribution is 6.02. The van der Waals surface area contributed by atoms with Crippen LogP contribution in [0.1, 0.15) is 57.4 Å². The lowest BCUT2D eigenvalue weighted by Crippen LogP contribution is -2.29. The maximum absolute atomic E-state index is 12.8. The standard InChI is InChI=1S/C23H32N2O2/c1-17(24)22(26)16-19(15-18-7-3-2-4-8-18)11-12-23(27)25-14-13-20-9-5-6-10-21(20)25/h5-6,9-12,17-19H,2-4,7-8,13-16,24H2,1H3/b12-11+/t17-,19+/m0/s1. The first-order valence-corrected chi connectivity index (χ1v) is 10.4. The van der Waals surface area contributed by atoms with Gasteiger partial charge >= 0.3 is 0 Å². The van der Waals surface area contributed by atoms with E-state index in [4.69, 9.17) is 5.73 Å². The van der Waals surface area contributed by atoms with Crippen molar-refractivity contribution in [2.45, 2.75) is 64.3 Å². The van der Waals surface area contributed by atoms with Gasteiger partial charge in [0, 0.05) is 18.7 Å². The van der Waals surface area contributed by atoms with Crippen molar-refractivity contribution in [2.75, 3.05) is 11.4 Å². The van der Waals surface area contributed by atoms with Crippen molar-refractivity contribution in [3.63, 3.8) is 0 Å². The Hall–Kier alpha value is -1.94. The quantitative estimate of drug-likeness (QED) is 0.739. The molecule has 4 heteroatoms. The van der Waals surface area contributed by atoms with Gasteiger partial charge in [0.2, 0.25) is 0 Å². The lowest BCUT2D eigenvalue weighted by atomic mass is 9.81. The topological polar surface area (TPSA) is 63.4 Å². The van der Waals surface area contributed by atoms with E-state index in [0.717, 1.165) is 25.1 Å². The van der Waals surface area contributed by atoms with Crippen LogP contribution in [0.25, 0.3) is 0 Å². The van der Waals surface area contributed by atoms with Crippen LogP contribution in [0.5, 0.6) is 0 Å². The van der Waals surface area contributed by atoms with E-state index in [1.165, 1.54) is 37.7 Å². The number of fused-ring (bicyclic) bond motifs is 1. The van der Waals surface area contributed by atoms with Crippen LogP contribution in [-0.4, -0.2) is 24.3 Å². The van der Waals surface area contributed by atoms with Crippen molar-refractivity contribution in [3.05, 3.63) is 42.0 Å². The van der Waals surface area contributed by atoms with E-state index in [2.05, 4.69) is 6.07 Å². The van der Waals surface area contributed by atoms with Gasteiger partial charge in [-0.1, -0.05) is 56.4 Å². The minimum absolute atomic E-state index is 0.0156. The molecule has 0 unspecified atom stereocenters. The minimum Gasteiger partial charge on any atom is -0.322 e. The monoisotopic (exact) mass is 368 g/mol. The van der Waals surface area contributed by atoms with Crippen LogP contribution in [0.2, 0.25) is 0 Å². The van der Waals surface area contributed by atoms with Gasteiger partial charge < -0.3 is 10.6 Å². The number of hydrogen-bond donors (Lipinski definition) is 1. The first-order chi connectivity index (χ1) is 13.0. The van der Waals surface area contributed by atoms with E-state index < -0.39 is 6.04 Å². The second kappa shape index (κ2) is 9.32. The Morgan fingerprint density at radius 2 is 1.96 bits per heavy atom. The molecule has 1 saturated carbocycles. The van der Waals surface area contributed by atoms with Crippen molar-refractivity contribution in [1.29, 1.82) is 0 Å². The summed E-state index contributed by atoms with van der Waals surface area (Å²) in [5.74, 6) is 0.867. The number of carbonyl (C=O) groups excluding carboxylic acids is 2. The summed E-state index contributed by atoms with van der Waals surface area (Å²) in [6.07, 6.45) is 12.4. The van der Waals surface area contributed by atoms with Gasteiger partial charge in [0.25, 0.3) is 5.91 Å². The summed E-state index contributed by atoms with van der Waals surface area (Å²) in [5, 5.41) is 0. The molecular formula is C23H32N2O2. The molecule has 1 aliphatic heterocycles. The maximum Gasteiger partial charge on any atom is 0.250 e. The first kappa shape index (κ1) is 19.8. The van der Waals surface area contributed by atoms with E-state index in [0.29, 0.717) is 12.3 Å². The Labute approximate surface area is 162 Å². The Bertz CT molecular complexity index is 689. The number of amides is 1. The Kier molecular flexibility index (Phi) is 6.84. The number of Topliss-reactive ketones (excluding diaryl/α,β-unsaturated/α-hetero) is 1. The summed E-state index contributed by atoms with van der Waals surface area (Å²) < 4.78 is 0. The van der Waals surface area contributed by atoms with Crippen molar-refractivity contribution < 1.29 is 9.59 Å². The molecular weight excluding hydrogens is 336 g/mol. The van der Waals surface area contributed by atoms with Gasteiger partial charge in [0.15, 0.2) is 0 Å². The molecule has 2 aliphatic rings. The number of allylic oxidation sites excluding steroid dienone is 1. The number of benzene rings is 1. The molecule has 0 saturated heterocycles. The summed E-state index contributed by atoms with van der Waals surface area (Å²) in [5.41, 5.74) is 8.02. The summed E-state index contributed by atoms with van der Waals surface area (Å²) in [4.78, 5) is 26.8. The molecule has 27 heavy (non-hydrogen) atoms. The van der Waals surface area contributed by atoms with E-state index in [-0.39, 0.29) is 17.6 Å². The van der Waals surface area contributed by atoms with Crippen LogP contribution in [0.15, 0.2) is 36.4 Å². The largest absolute Gasteiger partial charge is 0.322 e. The highest BCUT2D eigenvalue weighted by atomic mass is 16.2. The van der Waals surface area contributed by atoms with Crippen molar-refractivity contribution in [2.24, 2.45) is 17.6 Å². The second-order valence-corrected chi connectivity index (χ2v) is 8.19. The van der Waals surface area contributed by atoms with Gasteiger partial charge in [-0.05, 0) is 49.3 Å². The fourth-order valence-corrected chi connectivity index (χ4v) is 4.40.